The Balaban J connectivity index is 1.57. The lowest BCUT2D eigenvalue weighted by Crippen LogP contribution is -2.44. The average Bonchev–Trinajstić information content (AvgIpc) is 3.05. The van der Waals surface area contributed by atoms with Gasteiger partial charge in [-0.3, -0.25) is 9.11 Å². The first-order chi connectivity index (χ1) is 21.7. The smallest absolute Gasteiger partial charge is 0.232 e. The van der Waals surface area contributed by atoms with Crippen molar-refractivity contribution in [2.45, 2.75) is 19.4 Å². The van der Waals surface area contributed by atoms with Gasteiger partial charge in [0.15, 0.2) is 11.6 Å². The van der Waals surface area contributed by atoms with E-state index in [9.17, 15) is 12.8 Å². The number of aromatic nitrogens is 4. The van der Waals surface area contributed by atoms with Crippen LogP contribution in [0, 0.1) is 5.82 Å². The van der Waals surface area contributed by atoms with Gasteiger partial charge in [0, 0.05) is 43.0 Å². The lowest BCUT2D eigenvalue weighted by atomic mass is 9.99. The fraction of sp³-hybridized carbons (Fsp3) is 0.400. The molecule has 1 unspecified atom stereocenters. The predicted octanol–water partition coefficient (Wildman–Crippen LogP) is 3.64. The second-order valence-electron chi connectivity index (χ2n) is 10.9. The molecule has 0 bridgehead atoms. The van der Waals surface area contributed by atoms with Crippen molar-refractivity contribution in [2.24, 2.45) is 0 Å². The SMILES string of the molecule is CC1COCCN1c1nc(-c2cnc(N)nc2)nc2c(N3CCOCC3)cc(-c3cccc(NS(=O)(=O)CCCF)c3F)cc12. The molecule has 0 spiro atoms. The van der Waals surface area contributed by atoms with E-state index >= 15 is 4.39 Å². The van der Waals surface area contributed by atoms with E-state index in [-0.39, 0.29) is 29.7 Å². The Bertz CT molecular complexity index is 1790. The summed E-state index contributed by atoms with van der Waals surface area (Å²) in [6.07, 6.45) is 2.97. The van der Waals surface area contributed by atoms with Gasteiger partial charge >= 0.3 is 0 Å². The monoisotopic (exact) mass is 640 g/mol. The first-order valence-corrected chi connectivity index (χ1v) is 16.4. The molecule has 2 aliphatic rings. The number of hydrogen-bond donors (Lipinski definition) is 2. The minimum absolute atomic E-state index is 0.0124. The van der Waals surface area contributed by atoms with Gasteiger partial charge in [0.25, 0.3) is 0 Å². The number of alkyl halides is 1. The number of anilines is 4. The molecule has 2 aromatic carbocycles. The number of nitrogens with zero attached hydrogens (tertiary/aromatic N) is 6. The molecule has 2 fully saturated rings. The molecule has 3 N–H and O–H groups in total. The molecule has 4 aromatic rings. The van der Waals surface area contributed by atoms with Gasteiger partial charge in [-0.15, -0.1) is 0 Å². The largest absolute Gasteiger partial charge is 0.378 e. The lowest BCUT2D eigenvalue weighted by molar-refractivity contribution is 0.0987. The van der Waals surface area contributed by atoms with Gasteiger partial charge in [0.2, 0.25) is 16.0 Å². The Morgan fingerprint density at radius 2 is 1.80 bits per heavy atom. The molecule has 238 valence electrons. The summed E-state index contributed by atoms with van der Waals surface area (Å²) < 4.78 is 67.4. The highest BCUT2D eigenvalue weighted by Gasteiger charge is 2.27. The number of nitrogens with two attached hydrogens (primary N) is 1. The van der Waals surface area contributed by atoms with E-state index in [1.807, 2.05) is 19.1 Å². The van der Waals surface area contributed by atoms with Gasteiger partial charge in [-0.05, 0) is 37.1 Å². The Morgan fingerprint density at radius 3 is 2.53 bits per heavy atom. The zero-order valence-corrected chi connectivity index (χ0v) is 25.6. The topological polar surface area (TPSA) is 149 Å². The van der Waals surface area contributed by atoms with Gasteiger partial charge in [-0.25, -0.2) is 32.7 Å². The number of rotatable bonds is 9. The van der Waals surface area contributed by atoms with Crippen LogP contribution in [-0.4, -0.2) is 92.9 Å². The molecular formula is C30H34F2N8O4S. The maximum absolute atomic E-state index is 16.1. The van der Waals surface area contributed by atoms with E-state index in [1.165, 1.54) is 6.07 Å². The Labute approximate surface area is 259 Å². The van der Waals surface area contributed by atoms with Crippen molar-refractivity contribution in [3.05, 3.63) is 48.5 Å². The average molecular weight is 641 g/mol. The zero-order chi connectivity index (χ0) is 31.6. The lowest BCUT2D eigenvalue weighted by Gasteiger charge is -2.36. The van der Waals surface area contributed by atoms with Crippen LogP contribution in [0.25, 0.3) is 33.4 Å². The van der Waals surface area contributed by atoms with Gasteiger partial charge in [-0.2, -0.15) is 0 Å². The van der Waals surface area contributed by atoms with Crippen molar-refractivity contribution in [2.75, 3.05) is 78.7 Å². The van der Waals surface area contributed by atoms with Crippen LogP contribution in [0.4, 0.5) is 31.9 Å². The Kier molecular flexibility index (Phi) is 8.92. The molecule has 0 aliphatic carbocycles. The molecule has 12 nitrogen and oxygen atoms in total. The van der Waals surface area contributed by atoms with Crippen LogP contribution in [0.15, 0.2) is 42.7 Å². The normalized spacial score (nSPS) is 17.5. The molecule has 4 heterocycles. The molecule has 0 saturated carbocycles. The van der Waals surface area contributed by atoms with Crippen molar-refractivity contribution in [3.63, 3.8) is 0 Å². The number of halogens is 2. The maximum Gasteiger partial charge on any atom is 0.232 e. The summed E-state index contributed by atoms with van der Waals surface area (Å²) in [7, 11) is -3.95. The molecule has 1 atom stereocenters. The molecule has 2 saturated heterocycles. The van der Waals surface area contributed by atoms with Crippen LogP contribution in [-0.2, 0) is 19.5 Å². The number of ether oxygens (including phenoxy) is 2. The molecule has 6 rings (SSSR count). The number of fused-ring (bicyclic) bond motifs is 1. The molecule has 45 heavy (non-hydrogen) atoms. The van der Waals surface area contributed by atoms with Crippen molar-refractivity contribution in [1.82, 2.24) is 19.9 Å². The highest BCUT2D eigenvalue weighted by molar-refractivity contribution is 7.92. The molecular weight excluding hydrogens is 606 g/mol. The van der Waals surface area contributed by atoms with Crippen molar-refractivity contribution in [3.8, 4) is 22.5 Å². The fourth-order valence-corrected chi connectivity index (χ4v) is 6.62. The highest BCUT2D eigenvalue weighted by atomic mass is 32.2. The summed E-state index contributed by atoms with van der Waals surface area (Å²) in [4.78, 5) is 22.5. The van der Waals surface area contributed by atoms with E-state index in [4.69, 9.17) is 25.2 Å². The molecule has 15 heteroatoms. The third-order valence-electron chi connectivity index (χ3n) is 7.80. The molecule has 0 radical (unpaired) electrons. The van der Waals surface area contributed by atoms with Crippen LogP contribution in [0.1, 0.15) is 13.3 Å². The van der Waals surface area contributed by atoms with E-state index < -0.39 is 28.3 Å². The minimum atomic E-state index is -3.95. The summed E-state index contributed by atoms with van der Waals surface area (Å²) >= 11 is 0. The van der Waals surface area contributed by atoms with Crippen LogP contribution >= 0.6 is 0 Å². The van der Waals surface area contributed by atoms with Crippen LogP contribution < -0.4 is 20.3 Å². The van der Waals surface area contributed by atoms with Gasteiger partial charge in [0.1, 0.15) is 5.82 Å². The van der Waals surface area contributed by atoms with Crippen LogP contribution in [0.3, 0.4) is 0 Å². The van der Waals surface area contributed by atoms with Crippen molar-refractivity contribution >= 4 is 44.1 Å². The van der Waals surface area contributed by atoms with E-state index in [1.54, 1.807) is 24.5 Å². The number of benzene rings is 2. The van der Waals surface area contributed by atoms with Crippen molar-refractivity contribution < 1.29 is 26.7 Å². The summed E-state index contributed by atoms with van der Waals surface area (Å²) in [6, 6.07) is 8.20. The van der Waals surface area contributed by atoms with Gasteiger partial charge in [0.05, 0.1) is 67.4 Å². The fourth-order valence-electron chi connectivity index (χ4n) is 5.54. The summed E-state index contributed by atoms with van der Waals surface area (Å²) in [5, 5.41) is 0.691. The van der Waals surface area contributed by atoms with Gasteiger partial charge in [-0.1, -0.05) is 12.1 Å². The third kappa shape index (κ3) is 6.60. The summed E-state index contributed by atoms with van der Waals surface area (Å²) in [5.41, 5.74) is 8.23. The van der Waals surface area contributed by atoms with Crippen LogP contribution in [0.2, 0.25) is 0 Å². The first-order valence-electron chi connectivity index (χ1n) is 14.7. The molecule has 0 amide bonds. The Morgan fingerprint density at radius 1 is 1.04 bits per heavy atom. The number of sulfonamides is 1. The van der Waals surface area contributed by atoms with Crippen molar-refractivity contribution in [1.29, 1.82) is 0 Å². The van der Waals surface area contributed by atoms with E-state index in [0.29, 0.717) is 79.7 Å². The minimum Gasteiger partial charge on any atom is -0.378 e. The zero-order valence-electron chi connectivity index (χ0n) is 24.7. The standard InChI is InChI=1S/C30H34F2N8O4S/c1-19-18-44-12-9-40(19)29-23-14-20(22-4-2-5-24(26(22)32)38-45(41,42)13-3-6-31)15-25(39-7-10-43-11-8-39)27(23)36-28(37-29)21-16-34-30(33)35-17-21/h2,4-5,14-17,19,38H,3,6-13,18H2,1H3,(H2,33,34,35). The van der Waals surface area contributed by atoms with E-state index in [2.05, 4.69) is 24.5 Å². The quantitative estimate of drug-likeness (QED) is 0.276. The summed E-state index contributed by atoms with van der Waals surface area (Å²) in [5.74, 6) is -0.0122. The van der Waals surface area contributed by atoms with Crippen LogP contribution in [0.5, 0.6) is 0 Å². The third-order valence-corrected chi connectivity index (χ3v) is 9.16. The predicted molar refractivity (Wildman–Crippen MR) is 169 cm³/mol. The van der Waals surface area contributed by atoms with E-state index in [0.717, 1.165) is 5.69 Å². The molecule has 2 aliphatic heterocycles. The van der Waals surface area contributed by atoms with Gasteiger partial charge < -0.3 is 25.0 Å². The Hall–Kier alpha value is -4.21. The second-order valence-corrected chi connectivity index (χ2v) is 12.8. The number of morpholine rings is 2. The number of nitrogens with one attached hydrogen (secondary N) is 1. The molecule has 2 aromatic heterocycles. The highest BCUT2D eigenvalue weighted by Crippen LogP contribution is 2.40. The summed E-state index contributed by atoms with van der Waals surface area (Å²) in [6.45, 7) is 5.03. The number of hydrogen-bond acceptors (Lipinski definition) is 11. The second kappa shape index (κ2) is 13.0. The maximum atomic E-state index is 16.1. The number of nitrogen functional groups attached to an aromatic ring is 1. The first kappa shape index (κ1) is 30.8.